The van der Waals surface area contributed by atoms with E-state index in [-0.39, 0.29) is 17.5 Å². The molecule has 1 saturated heterocycles. The van der Waals surface area contributed by atoms with Crippen molar-refractivity contribution in [3.8, 4) is 0 Å². The van der Waals surface area contributed by atoms with Gasteiger partial charge in [0.2, 0.25) is 10.0 Å². The molecular formula is C21H28FN3O2S. The second kappa shape index (κ2) is 8.59. The molecule has 1 heterocycles. The number of nitrogens with one attached hydrogen (secondary N) is 1. The Kier molecular flexibility index (Phi) is 6.37. The molecule has 1 aliphatic rings. The number of halogens is 1. The molecule has 2 aromatic rings. The molecule has 28 heavy (non-hydrogen) atoms. The first-order valence-electron chi connectivity index (χ1n) is 9.55. The smallest absolute Gasteiger partial charge is 0.240 e. The largest absolute Gasteiger partial charge is 0.378 e. The van der Waals surface area contributed by atoms with E-state index in [1.165, 1.54) is 18.2 Å². The van der Waals surface area contributed by atoms with Crippen molar-refractivity contribution < 1.29 is 12.8 Å². The first kappa shape index (κ1) is 20.8. The van der Waals surface area contributed by atoms with E-state index >= 15 is 0 Å². The van der Waals surface area contributed by atoms with Crippen LogP contribution in [-0.4, -0.2) is 47.0 Å². The quantitative estimate of drug-likeness (QED) is 0.768. The van der Waals surface area contributed by atoms with Crippen LogP contribution in [-0.2, 0) is 10.0 Å². The molecule has 1 atom stereocenters. The van der Waals surface area contributed by atoms with Gasteiger partial charge in [-0.2, -0.15) is 0 Å². The molecule has 7 heteroatoms. The molecule has 3 rings (SSSR count). The summed E-state index contributed by atoms with van der Waals surface area (Å²) in [6.07, 6.45) is 2.24. The highest BCUT2D eigenvalue weighted by atomic mass is 32.2. The maximum absolute atomic E-state index is 13.5. The number of aryl methyl sites for hydroxylation is 1. The normalized spacial score (nSPS) is 16.3. The Hall–Kier alpha value is -1.96. The number of nitrogens with zero attached hydrogens (tertiary/aromatic N) is 2. The van der Waals surface area contributed by atoms with Crippen LogP contribution < -0.4 is 9.62 Å². The van der Waals surface area contributed by atoms with Gasteiger partial charge in [0, 0.05) is 32.4 Å². The standard InChI is InChI=1S/C21H28FN3O2S/c1-16-14-19(10-11-20(16)22)28(26,27)23-15-21(25-12-4-5-13-25)17-6-8-18(9-7-17)24(2)3/h6-11,14,21,23H,4-5,12-13,15H2,1-3H3. The average Bonchev–Trinajstić information content (AvgIpc) is 3.19. The van der Waals surface area contributed by atoms with Crippen LogP contribution in [0.1, 0.15) is 30.0 Å². The summed E-state index contributed by atoms with van der Waals surface area (Å²) in [6, 6.07) is 12.1. The van der Waals surface area contributed by atoms with Crippen LogP contribution >= 0.6 is 0 Å². The number of likely N-dealkylation sites (tertiary alicyclic amines) is 1. The number of rotatable bonds is 7. The van der Waals surface area contributed by atoms with E-state index in [0.717, 1.165) is 37.2 Å². The van der Waals surface area contributed by atoms with Gasteiger partial charge in [0.15, 0.2) is 0 Å². The van der Waals surface area contributed by atoms with Crippen LogP contribution in [0.4, 0.5) is 10.1 Å². The van der Waals surface area contributed by atoms with Gasteiger partial charge in [0.05, 0.1) is 4.90 Å². The van der Waals surface area contributed by atoms with Crippen molar-refractivity contribution in [2.45, 2.75) is 30.7 Å². The van der Waals surface area contributed by atoms with E-state index in [1.54, 1.807) is 6.92 Å². The maximum atomic E-state index is 13.5. The molecule has 5 nitrogen and oxygen atoms in total. The molecule has 152 valence electrons. The summed E-state index contributed by atoms with van der Waals surface area (Å²) in [5.74, 6) is -0.408. The fourth-order valence-electron chi connectivity index (χ4n) is 3.56. The number of benzene rings is 2. The van der Waals surface area contributed by atoms with Crippen LogP contribution in [0.15, 0.2) is 47.4 Å². The van der Waals surface area contributed by atoms with Gasteiger partial charge >= 0.3 is 0 Å². The predicted octanol–water partition coefficient (Wildman–Crippen LogP) is 3.32. The van der Waals surface area contributed by atoms with Crippen molar-refractivity contribution >= 4 is 15.7 Å². The molecule has 0 aromatic heterocycles. The lowest BCUT2D eigenvalue weighted by molar-refractivity contribution is 0.246. The van der Waals surface area contributed by atoms with Gasteiger partial charge in [-0.05, 0) is 74.3 Å². The summed E-state index contributed by atoms with van der Waals surface area (Å²) in [6.45, 7) is 3.75. The molecule has 0 bridgehead atoms. The van der Waals surface area contributed by atoms with E-state index < -0.39 is 15.8 Å². The number of sulfonamides is 1. The van der Waals surface area contributed by atoms with Crippen molar-refractivity contribution in [3.05, 3.63) is 59.4 Å². The SMILES string of the molecule is Cc1cc(S(=O)(=O)NCC(c2ccc(N(C)C)cc2)N2CCCC2)ccc1F. The molecule has 0 radical (unpaired) electrons. The topological polar surface area (TPSA) is 52.7 Å². The maximum Gasteiger partial charge on any atom is 0.240 e. The zero-order valence-electron chi connectivity index (χ0n) is 16.7. The second-order valence-corrected chi connectivity index (χ2v) is 9.27. The van der Waals surface area contributed by atoms with Crippen molar-refractivity contribution in [3.63, 3.8) is 0 Å². The predicted molar refractivity (Wildman–Crippen MR) is 111 cm³/mol. The monoisotopic (exact) mass is 405 g/mol. The molecule has 0 saturated carbocycles. The highest BCUT2D eigenvalue weighted by Gasteiger charge is 2.26. The summed E-state index contributed by atoms with van der Waals surface area (Å²) in [4.78, 5) is 4.45. The average molecular weight is 406 g/mol. The molecule has 0 amide bonds. The van der Waals surface area contributed by atoms with Gasteiger partial charge in [-0.15, -0.1) is 0 Å². The number of anilines is 1. The van der Waals surface area contributed by atoms with Gasteiger partial charge < -0.3 is 4.90 Å². The lowest BCUT2D eigenvalue weighted by Gasteiger charge is -2.28. The molecule has 1 N–H and O–H groups in total. The van der Waals surface area contributed by atoms with Crippen LogP contribution in [0, 0.1) is 12.7 Å². The van der Waals surface area contributed by atoms with Crippen molar-refractivity contribution in [1.82, 2.24) is 9.62 Å². The molecular weight excluding hydrogens is 377 g/mol. The van der Waals surface area contributed by atoms with Gasteiger partial charge in [-0.1, -0.05) is 12.1 Å². The summed E-state index contributed by atoms with van der Waals surface area (Å²) in [5, 5.41) is 0. The van der Waals surface area contributed by atoms with Crippen LogP contribution in [0.25, 0.3) is 0 Å². The molecule has 1 unspecified atom stereocenters. The number of hydrogen-bond donors (Lipinski definition) is 1. The van der Waals surface area contributed by atoms with Gasteiger partial charge in [-0.3, -0.25) is 4.90 Å². The van der Waals surface area contributed by atoms with E-state index in [0.29, 0.717) is 5.56 Å². The minimum Gasteiger partial charge on any atom is -0.378 e. The first-order valence-corrected chi connectivity index (χ1v) is 11.0. The minimum absolute atomic E-state index is 0.0324. The van der Waals surface area contributed by atoms with Crippen LogP contribution in [0.3, 0.4) is 0 Å². The van der Waals surface area contributed by atoms with Crippen molar-refractivity contribution in [2.75, 3.05) is 38.6 Å². The Balaban J connectivity index is 1.80. The van der Waals surface area contributed by atoms with E-state index in [1.807, 2.05) is 19.0 Å². The van der Waals surface area contributed by atoms with Gasteiger partial charge in [-0.25, -0.2) is 17.5 Å². The highest BCUT2D eigenvalue weighted by molar-refractivity contribution is 7.89. The Morgan fingerprint density at radius 3 is 2.32 bits per heavy atom. The Bertz CT molecular complexity index is 908. The number of hydrogen-bond acceptors (Lipinski definition) is 4. The van der Waals surface area contributed by atoms with Crippen molar-refractivity contribution in [2.24, 2.45) is 0 Å². The Morgan fingerprint density at radius 2 is 1.75 bits per heavy atom. The molecule has 0 aliphatic carbocycles. The van der Waals surface area contributed by atoms with Crippen LogP contribution in [0.5, 0.6) is 0 Å². The van der Waals surface area contributed by atoms with E-state index in [2.05, 4.69) is 33.9 Å². The van der Waals surface area contributed by atoms with Crippen LogP contribution in [0.2, 0.25) is 0 Å². The summed E-state index contributed by atoms with van der Waals surface area (Å²) >= 11 is 0. The zero-order valence-corrected chi connectivity index (χ0v) is 17.5. The summed E-state index contributed by atoms with van der Waals surface area (Å²) in [5.41, 5.74) is 2.51. The second-order valence-electron chi connectivity index (χ2n) is 7.51. The minimum atomic E-state index is -3.71. The summed E-state index contributed by atoms with van der Waals surface area (Å²) < 4.78 is 41.7. The fourth-order valence-corrected chi connectivity index (χ4v) is 4.69. The van der Waals surface area contributed by atoms with Gasteiger partial charge in [0.1, 0.15) is 5.82 Å². The van der Waals surface area contributed by atoms with Crippen molar-refractivity contribution in [1.29, 1.82) is 0 Å². The van der Waals surface area contributed by atoms with Gasteiger partial charge in [0.25, 0.3) is 0 Å². The van der Waals surface area contributed by atoms with E-state index in [9.17, 15) is 12.8 Å². The molecule has 0 spiro atoms. The first-order chi connectivity index (χ1) is 13.3. The highest BCUT2D eigenvalue weighted by Crippen LogP contribution is 2.27. The summed E-state index contributed by atoms with van der Waals surface area (Å²) in [7, 11) is 0.278. The Morgan fingerprint density at radius 1 is 1.11 bits per heavy atom. The molecule has 1 aliphatic heterocycles. The van der Waals surface area contributed by atoms with E-state index in [4.69, 9.17) is 0 Å². The third-order valence-corrected chi connectivity index (χ3v) is 6.70. The lowest BCUT2D eigenvalue weighted by Crippen LogP contribution is -2.36. The Labute approximate surface area is 167 Å². The fraction of sp³-hybridized carbons (Fsp3) is 0.429. The molecule has 2 aromatic carbocycles. The zero-order chi connectivity index (χ0) is 20.3. The third-order valence-electron chi connectivity index (χ3n) is 5.28. The third kappa shape index (κ3) is 4.71. The molecule has 1 fully saturated rings. The lowest BCUT2D eigenvalue weighted by atomic mass is 10.1.